The maximum atomic E-state index is 5.79. The van der Waals surface area contributed by atoms with Gasteiger partial charge in [0.1, 0.15) is 17.4 Å². The van der Waals surface area contributed by atoms with E-state index in [4.69, 9.17) is 35.0 Å². The van der Waals surface area contributed by atoms with E-state index in [-0.39, 0.29) is 6.04 Å². The Balaban J connectivity index is 1.98. The van der Waals surface area contributed by atoms with Crippen molar-refractivity contribution in [1.29, 1.82) is 0 Å². The largest absolute Gasteiger partial charge is 0.497 e. The summed E-state index contributed by atoms with van der Waals surface area (Å²) in [4.78, 5) is 9.46. The SMILES string of the molecule is COc1cccc(N2C(=S)Nc3nc(=S)[nH]c(NN)c3C2c2ccccc2)c1. The van der Waals surface area contributed by atoms with E-state index in [1.807, 2.05) is 59.5 Å². The Morgan fingerprint density at radius 3 is 2.64 bits per heavy atom. The molecule has 7 nitrogen and oxygen atoms in total. The number of thiocarbonyl (C=S) groups is 1. The zero-order chi connectivity index (χ0) is 19.7. The lowest BCUT2D eigenvalue weighted by molar-refractivity contribution is 0.415. The van der Waals surface area contributed by atoms with Gasteiger partial charge >= 0.3 is 0 Å². The molecule has 3 aromatic rings. The second-order valence-corrected chi connectivity index (χ2v) is 6.91. The maximum absolute atomic E-state index is 5.79. The van der Waals surface area contributed by atoms with Crippen molar-refractivity contribution in [2.24, 2.45) is 5.84 Å². The van der Waals surface area contributed by atoms with Gasteiger partial charge in [0.05, 0.1) is 18.7 Å². The smallest absolute Gasteiger partial charge is 0.200 e. The third kappa shape index (κ3) is 3.19. The first-order valence-electron chi connectivity index (χ1n) is 8.52. The number of hydrogen-bond donors (Lipinski definition) is 4. The number of ether oxygens (including phenoxy) is 1. The zero-order valence-electron chi connectivity index (χ0n) is 15.0. The van der Waals surface area contributed by atoms with E-state index in [2.05, 4.69) is 20.7 Å². The molecule has 0 amide bonds. The van der Waals surface area contributed by atoms with Crippen LogP contribution in [0.4, 0.5) is 17.3 Å². The molecule has 0 fully saturated rings. The summed E-state index contributed by atoms with van der Waals surface area (Å²) in [5.41, 5.74) is 5.43. The quantitative estimate of drug-likeness (QED) is 0.294. The number of anilines is 3. The Hall–Kier alpha value is -3.01. The zero-order valence-corrected chi connectivity index (χ0v) is 16.6. The molecule has 142 valence electrons. The number of nitrogens with two attached hydrogens (primary N) is 1. The number of hydrazine groups is 1. The van der Waals surface area contributed by atoms with Gasteiger partial charge in [-0.3, -0.25) is 0 Å². The molecule has 0 aliphatic carbocycles. The van der Waals surface area contributed by atoms with Crippen molar-refractivity contribution in [3.8, 4) is 5.75 Å². The Labute approximate surface area is 172 Å². The van der Waals surface area contributed by atoms with Crippen LogP contribution in [0, 0.1) is 4.77 Å². The molecule has 0 radical (unpaired) electrons. The minimum atomic E-state index is -0.276. The van der Waals surface area contributed by atoms with Crippen molar-refractivity contribution >= 4 is 46.9 Å². The lowest BCUT2D eigenvalue weighted by Crippen LogP contribution is -2.44. The molecule has 4 rings (SSSR count). The summed E-state index contributed by atoms with van der Waals surface area (Å²) >= 11 is 10.9. The summed E-state index contributed by atoms with van der Waals surface area (Å²) in [6.45, 7) is 0. The first-order chi connectivity index (χ1) is 13.6. The molecule has 1 atom stereocenters. The highest BCUT2D eigenvalue weighted by molar-refractivity contribution is 7.80. The van der Waals surface area contributed by atoms with E-state index >= 15 is 0 Å². The minimum Gasteiger partial charge on any atom is -0.497 e. The van der Waals surface area contributed by atoms with Crippen LogP contribution in [-0.2, 0) is 0 Å². The van der Waals surface area contributed by atoms with Crippen molar-refractivity contribution in [2.75, 3.05) is 22.8 Å². The van der Waals surface area contributed by atoms with Crippen molar-refractivity contribution in [2.45, 2.75) is 6.04 Å². The van der Waals surface area contributed by atoms with Gasteiger partial charge in [0.2, 0.25) is 0 Å². The highest BCUT2D eigenvalue weighted by atomic mass is 32.1. The Morgan fingerprint density at radius 1 is 1.14 bits per heavy atom. The van der Waals surface area contributed by atoms with Gasteiger partial charge in [-0.15, -0.1) is 0 Å². The number of benzene rings is 2. The number of aromatic amines is 1. The standard InChI is InChI=1S/C19H18N6OS2/c1-26-13-9-5-8-12(10-13)25-15(11-6-3-2-4-7-11)14-16(23-19(25)28)21-18(27)22-17(14)24-20/h2-10,15H,20H2,1H3,(H3,21,22,23,24,27,28). The number of methoxy groups -OCH3 is 1. The molecule has 2 aromatic carbocycles. The summed E-state index contributed by atoms with van der Waals surface area (Å²) < 4.78 is 5.71. The molecular weight excluding hydrogens is 392 g/mol. The van der Waals surface area contributed by atoms with Gasteiger partial charge in [0.15, 0.2) is 9.88 Å². The molecular formula is C19H18N6OS2. The van der Waals surface area contributed by atoms with E-state index in [0.29, 0.717) is 21.5 Å². The fraction of sp³-hybridized carbons (Fsp3) is 0.105. The summed E-state index contributed by atoms with van der Waals surface area (Å²) in [7, 11) is 1.64. The highest BCUT2D eigenvalue weighted by Crippen LogP contribution is 2.42. The number of nitrogens with one attached hydrogen (secondary N) is 3. The molecule has 1 aromatic heterocycles. The molecule has 1 aliphatic rings. The molecule has 2 heterocycles. The molecule has 9 heteroatoms. The summed E-state index contributed by atoms with van der Waals surface area (Å²) in [5, 5.41) is 3.69. The number of H-pyrrole nitrogens is 1. The molecule has 0 spiro atoms. The number of hydrogen-bond acceptors (Lipinski definition) is 6. The predicted molar refractivity (Wildman–Crippen MR) is 117 cm³/mol. The number of nitrogen functional groups attached to an aromatic ring is 1. The third-order valence-corrected chi connectivity index (χ3v) is 5.03. The highest BCUT2D eigenvalue weighted by Gasteiger charge is 2.36. The molecule has 0 bridgehead atoms. The first kappa shape index (κ1) is 18.4. The summed E-state index contributed by atoms with van der Waals surface area (Å²) in [6, 6.07) is 17.5. The lowest BCUT2D eigenvalue weighted by Gasteiger charge is -2.39. The summed E-state index contributed by atoms with van der Waals surface area (Å²) in [5.74, 6) is 7.68. The van der Waals surface area contributed by atoms with Gasteiger partial charge in [0.25, 0.3) is 0 Å². The van der Waals surface area contributed by atoms with E-state index in [1.54, 1.807) is 7.11 Å². The molecule has 1 unspecified atom stereocenters. The Bertz CT molecular complexity index is 1090. The average molecular weight is 411 g/mol. The van der Waals surface area contributed by atoms with E-state index in [0.717, 1.165) is 22.6 Å². The van der Waals surface area contributed by atoms with Crippen LogP contribution in [-0.4, -0.2) is 22.2 Å². The predicted octanol–water partition coefficient (Wildman–Crippen LogP) is 3.74. The van der Waals surface area contributed by atoms with Gasteiger partial charge in [-0.25, -0.2) is 10.8 Å². The van der Waals surface area contributed by atoms with Gasteiger partial charge in [-0.1, -0.05) is 36.4 Å². The van der Waals surface area contributed by atoms with Crippen molar-refractivity contribution < 1.29 is 4.74 Å². The molecule has 0 saturated carbocycles. The van der Waals surface area contributed by atoms with Gasteiger partial charge in [-0.05, 0) is 42.1 Å². The number of nitrogens with zero attached hydrogens (tertiary/aromatic N) is 2. The van der Waals surface area contributed by atoms with Crippen LogP contribution in [0.1, 0.15) is 17.2 Å². The third-order valence-electron chi connectivity index (χ3n) is 4.54. The molecule has 1 aliphatic heterocycles. The normalized spacial score (nSPS) is 15.6. The minimum absolute atomic E-state index is 0.276. The van der Waals surface area contributed by atoms with Crippen LogP contribution in [0.3, 0.4) is 0 Å². The van der Waals surface area contributed by atoms with E-state index < -0.39 is 0 Å². The number of fused-ring (bicyclic) bond motifs is 1. The second-order valence-electron chi connectivity index (χ2n) is 6.14. The van der Waals surface area contributed by atoms with Crippen LogP contribution < -0.4 is 26.2 Å². The van der Waals surface area contributed by atoms with E-state index in [1.165, 1.54) is 0 Å². The fourth-order valence-electron chi connectivity index (χ4n) is 3.34. The van der Waals surface area contributed by atoms with Gasteiger partial charge in [-0.2, -0.15) is 0 Å². The number of aromatic nitrogens is 2. The van der Waals surface area contributed by atoms with Gasteiger partial charge < -0.3 is 25.4 Å². The van der Waals surface area contributed by atoms with E-state index in [9.17, 15) is 0 Å². The fourth-order valence-corrected chi connectivity index (χ4v) is 3.84. The topological polar surface area (TPSA) is 91.2 Å². The Morgan fingerprint density at radius 2 is 1.93 bits per heavy atom. The monoisotopic (exact) mass is 410 g/mol. The average Bonchev–Trinajstić information content (AvgIpc) is 2.72. The van der Waals surface area contributed by atoms with Crippen molar-refractivity contribution in [3.05, 3.63) is 70.5 Å². The first-order valence-corrected chi connectivity index (χ1v) is 9.34. The molecule has 0 saturated heterocycles. The van der Waals surface area contributed by atoms with Crippen LogP contribution in [0.5, 0.6) is 5.75 Å². The van der Waals surface area contributed by atoms with Crippen LogP contribution in [0.2, 0.25) is 0 Å². The van der Waals surface area contributed by atoms with Crippen LogP contribution in [0.25, 0.3) is 0 Å². The number of rotatable bonds is 4. The molecule has 5 N–H and O–H groups in total. The Kier molecular flexibility index (Phi) is 4.95. The van der Waals surface area contributed by atoms with Crippen molar-refractivity contribution in [1.82, 2.24) is 9.97 Å². The molecule has 28 heavy (non-hydrogen) atoms. The summed E-state index contributed by atoms with van der Waals surface area (Å²) in [6.07, 6.45) is 0. The van der Waals surface area contributed by atoms with Crippen LogP contribution in [0.15, 0.2) is 54.6 Å². The van der Waals surface area contributed by atoms with Crippen LogP contribution >= 0.6 is 24.4 Å². The van der Waals surface area contributed by atoms with Crippen molar-refractivity contribution in [3.63, 3.8) is 0 Å². The second kappa shape index (κ2) is 7.55. The lowest BCUT2D eigenvalue weighted by atomic mass is 9.95. The maximum Gasteiger partial charge on any atom is 0.200 e. The van der Waals surface area contributed by atoms with Gasteiger partial charge in [0, 0.05) is 11.8 Å².